The number of carbonyl (C=O) groups is 1. The molecule has 2 rings (SSSR count). The number of carbonyl (C=O) groups excluding carboxylic acids is 1. The maximum Gasteiger partial charge on any atom is 0.251 e. The first-order valence-electron chi connectivity index (χ1n) is 7.90. The van der Waals surface area contributed by atoms with E-state index in [1.165, 1.54) is 0 Å². The van der Waals surface area contributed by atoms with Crippen molar-refractivity contribution in [3.63, 3.8) is 0 Å². The van der Waals surface area contributed by atoms with Gasteiger partial charge in [-0.25, -0.2) is 0 Å². The van der Waals surface area contributed by atoms with Gasteiger partial charge >= 0.3 is 0 Å². The van der Waals surface area contributed by atoms with Gasteiger partial charge in [-0.2, -0.15) is 0 Å². The van der Waals surface area contributed by atoms with Gasteiger partial charge in [-0.3, -0.25) is 4.79 Å². The minimum Gasteiger partial charge on any atom is -0.493 e. The van der Waals surface area contributed by atoms with Crippen LogP contribution in [-0.2, 0) is 6.54 Å². The average Bonchev–Trinajstić information content (AvgIpc) is 2.54. The van der Waals surface area contributed by atoms with E-state index >= 15 is 0 Å². The van der Waals surface area contributed by atoms with Crippen LogP contribution in [0.25, 0.3) is 0 Å². The van der Waals surface area contributed by atoms with Crippen molar-refractivity contribution in [1.29, 1.82) is 0 Å². The smallest absolute Gasteiger partial charge is 0.251 e. The molecule has 0 fully saturated rings. The summed E-state index contributed by atoms with van der Waals surface area (Å²) in [7, 11) is 0. The highest BCUT2D eigenvalue weighted by Gasteiger charge is 2.08. The van der Waals surface area contributed by atoms with Crippen molar-refractivity contribution in [2.45, 2.75) is 26.8 Å². The molecule has 0 spiro atoms. The molecule has 0 aliphatic carbocycles. The molecule has 4 nitrogen and oxygen atoms in total. The van der Waals surface area contributed by atoms with Crippen molar-refractivity contribution >= 4 is 24.0 Å². The number of amides is 1. The van der Waals surface area contributed by atoms with Crippen LogP contribution in [0.4, 0.5) is 5.69 Å². The molecule has 0 aromatic heterocycles. The molecule has 0 aliphatic rings. The normalized spacial score (nSPS) is 10.1. The lowest BCUT2D eigenvalue weighted by Crippen LogP contribution is -2.23. The van der Waals surface area contributed by atoms with Gasteiger partial charge in [0.25, 0.3) is 5.91 Å². The largest absolute Gasteiger partial charge is 0.493 e. The highest BCUT2D eigenvalue weighted by atomic mass is 35.5. The Labute approximate surface area is 149 Å². The van der Waals surface area contributed by atoms with Gasteiger partial charge in [-0.1, -0.05) is 32.0 Å². The zero-order valence-corrected chi connectivity index (χ0v) is 14.9. The van der Waals surface area contributed by atoms with Crippen molar-refractivity contribution in [3.8, 4) is 5.75 Å². The summed E-state index contributed by atoms with van der Waals surface area (Å²) in [6.45, 7) is 5.45. The number of hydrogen-bond donors (Lipinski definition) is 2. The van der Waals surface area contributed by atoms with Gasteiger partial charge in [0.2, 0.25) is 0 Å². The van der Waals surface area contributed by atoms with Crippen molar-refractivity contribution in [3.05, 3.63) is 59.7 Å². The van der Waals surface area contributed by atoms with Crippen LogP contribution >= 0.6 is 12.4 Å². The lowest BCUT2D eigenvalue weighted by molar-refractivity contribution is 0.0950. The highest BCUT2D eigenvalue weighted by Crippen LogP contribution is 2.18. The number of hydrogen-bond acceptors (Lipinski definition) is 3. The lowest BCUT2D eigenvalue weighted by Gasteiger charge is -2.13. The van der Waals surface area contributed by atoms with Crippen LogP contribution < -0.4 is 15.8 Å². The van der Waals surface area contributed by atoms with E-state index in [1.807, 2.05) is 24.3 Å². The van der Waals surface area contributed by atoms with Gasteiger partial charge in [0.15, 0.2) is 0 Å². The number of rotatable bonds is 7. The minimum absolute atomic E-state index is 0. The second kappa shape index (κ2) is 9.83. The van der Waals surface area contributed by atoms with E-state index in [4.69, 9.17) is 10.5 Å². The molecule has 3 N–H and O–H groups in total. The van der Waals surface area contributed by atoms with Crippen LogP contribution in [0.2, 0.25) is 0 Å². The molecule has 0 saturated heterocycles. The molecule has 0 radical (unpaired) electrons. The van der Waals surface area contributed by atoms with E-state index in [-0.39, 0.29) is 18.3 Å². The predicted octanol–water partition coefficient (Wildman–Crippen LogP) is 4.05. The quantitative estimate of drug-likeness (QED) is 0.742. The van der Waals surface area contributed by atoms with Crippen molar-refractivity contribution in [2.75, 3.05) is 12.3 Å². The third kappa shape index (κ3) is 6.13. The molecule has 0 saturated carbocycles. The van der Waals surface area contributed by atoms with E-state index < -0.39 is 0 Å². The molecule has 1 amide bonds. The summed E-state index contributed by atoms with van der Waals surface area (Å²) < 4.78 is 5.83. The van der Waals surface area contributed by atoms with Gasteiger partial charge in [0.05, 0.1) is 6.61 Å². The lowest BCUT2D eigenvalue weighted by atomic mass is 10.1. The van der Waals surface area contributed by atoms with Gasteiger partial charge in [-0.05, 0) is 42.7 Å². The van der Waals surface area contributed by atoms with Crippen molar-refractivity contribution in [1.82, 2.24) is 5.32 Å². The standard InChI is InChI=1S/C19H24N2O2.ClH/c1-14(2)11-12-23-18-6-4-3-5-16(18)13-21-19(22)15-7-9-17(20)10-8-15;/h3-10,14H,11-13,20H2,1-2H3,(H,21,22);1H. The third-order valence-corrected chi connectivity index (χ3v) is 3.54. The van der Waals surface area contributed by atoms with Gasteiger partial charge < -0.3 is 15.8 Å². The zero-order valence-electron chi connectivity index (χ0n) is 14.1. The summed E-state index contributed by atoms with van der Waals surface area (Å²) in [6.07, 6.45) is 1.01. The number of anilines is 1. The Morgan fingerprint density at radius 3 is 2.46 bits per heavy atom. The summed E-state index contributed by atoms with van der Waals surface area (Å²) in [5.41, 5.74) is 7.84. The number of para-hydroxylation sites is 1. The molecule has 5 heteroatoms. The van der Waals surface area contributed by atoms with Gasteiger partial charge in [-0.15, -0.1) is 12.4 Å². The SMILES string of the molecule is CC(C)CCOc1ccccc1CNC(=O)c1ccc(N)cc1.Cl. The van der Waals surface area contributed by atoms with Crippen LogP contribution in [0.5, 0.6) is 5.75 Å². The van der Waals surface area contributed by atoms with Crippen LogP contribution in [0.1, 0.15) is 36.2 Å². The number of ether oxygens (including phenoxy) is 1. The summed E-state index contributed by atoms with van der Waals surface area (Å²) >= 11 is 0. The molecule has 0 bridgehead atoms. The molecule has 0 heterocycles. The Morgan fingerprint density at radius 2 is 1.79 bits per heavy atom. The fourth-order valence-electron chi connectivity index (χ4n) is 2.11. The van der Waals surface area contributed by atoms with E-state index in [9.17, 15) is 4.79 Å². The molecular weight excluding hydrogens is 324 g/mol. The molecule has 2 aromatic carbocycles. The second-order valence-electron chi connectivity index (χ2n) is 5.94. The molecule has 24 heavy (non-hydrogen) atoms. The fraction of sp³-hybridized carbons (Fsp3) is 0.316. The van der Waals surface area contributed by atoms with E-state index in [2.05, 4.69) is 19.2 Å². The van der Waals surface area contributed by atoms with Crippen molar-refractivity contribution < 1.29 is 9.53 Å². The first-order valence-corrected chi connectivity index (χ1v) is 7.90. The topological polar surface area (TPSA) is 64.3 Å². The Balaban J connectivity index is 0.00000288. The number of halogens is 1. The number of nitrogen functional groups attached to an aromatic ring is 1. The molecule has 2 aromatic rings. The number of nitrogens with two attached hydrogens (primary N) is 1. The maximum atomic E-state index is 12.2. The van der Waals surface area contributed by atoms with Crippen LogP contribution in [0, 0.1) is 5.92 Å². The first kappa shape index (κ1) is 19.8. The predicted molar refractivity (Wildman–Crippen MR) is 101 cm³/mol. The summed E-state index contributed by atoms with van der Waals surface area (Å²) in [5, 5.41) is 2.91. The van der Waals surface area contributed by atoms with Gasteiger partial charge in [0, 0.05) is 23.4 Å². The monoisotopic (exact) mass is 348 g/mol. The first-order chi connectivity index (χ1) is 11.1. The Morgan fingerprint density at radius 1 is 1.12 bits per heavy atom. The van der Waals surface area contributed by atoms with E-state index in [0.29, 0.717) is 30.3 Å². The average molecular weight is 349 g/mol. The molecule has 130 valence electrons. The maximum absolute atomic E-state index is 12.2. The molecular formula is C19H25ClN2O2. The third-order valence-electron chi connectivity index (χ3n) is 3.54. The summed E-state index contributed by atoms with van der Waals surface area (Å²) in [6, 6.07) is 14.7. The van der Waals surface area contributed by atoms with E-state index in [0.717, 1.165) is 17.7 Å². The zero-order chi connectivity index (χ0) is 16.7. The minimum atomic E-state index is -0.123. The molecule has 0 aliphatic heterocycles. The highest BCUT2D eigenvalue weighted by molar-refractivity contribution is 5.94. The Bertz CT molecular complexity index is 642. The molecule has 0 atom stereocenters. The summed E-state index contributed by atoms with van der Waals surface area (Å²) in [5.74, 6) is 1.31. The number of benzene rings is 2. The van der Waals surface area contributed by atoms with Crippen molar-refractivity contribution in [2.24, 2.45) is 5.92 Å². The van der Waals surface area contributed by atoms with Crippen LogP contribution in [-0.4, -0.2) is 12.5 Å². The van der Waals surface area contributed by atoms with Crippen LogP contribution in [0.3, 0.4) is 0 Å². The summed E-state index contributed by atoms with van der Waals surface area (Å²) in [4.78, 5) is 12.2. The molecule has 0 unspecified atom stereocenters. The second-order valence-corrected chi connectivity index (χ2v) is 5.94. The Hall–Kier alpha value is -2.20. The van der Waals surface area contributed by atoms with Crippen LogP contribution in [0.15, 0.2) is 48.5 Å². The number of nitrogens with one attached hydrogen (secondary N) is 1. The van der Waals surface area contributed by atoms with E-state index in [1.54, 1.807) is 24.3 Å². The Kier molecular flexibility index (Phi) is 8.13. The fourth-order valence-corrected chi connectivity index (χ4v) is 2.11. The van der Waals surface area contributed by atoms with Gasteiger partial charge in [0.1, 0.15) is 5.75 Å².